The van der Waals surface area contributed by atoms with E-state index >= 15 is 13.2 Å². The molecular weight excluding hydrogens is 1050 g/mol. The second-order valence-corrected chi connectivity index (χ2v) is 19.6. The van der Waals surface area contributed by atoms with Crippen molar-refractivity contribution in [2.24, 2.45) is 0 Å². The summed E-state index contributed by atoms with van der Waals surface area (Å²) >= 11 is 0. The number of nitrogens with zero attached hydrogens (tertiary/aromatic N) is 11. The molecule has 12 rings (SSSR count). The Morgan fingerprint density at radius 3 is 0.869 bits per heavy atom. The van der Waals surface area contributed by atoms with Crippen molar-refractivity contribution in [1.29, 1.82) is 47.4 Å². The zero-order valence-corrected chi connectivity index (χ0v) is 43.4. The molecule has 0 fully saturated rings. The minimum absolute atomic E-state index is 0.0777. The van der Waals surface area contributed by atoms with Crippen molar-refractivity contribution in [1.82, 2.24) is 9.13 Å². The molecule has 2 aromatic heterocycles. The number of aromatic nitrogens is 2. The Morgan fingerprint density at radius 2 is 0.560 bits per heavy atom. The number of hydrogen-bond donors (Lipinski definition) is 0. The van der Waals surface area contributed by atoms with Crippen molar-refractivity contribution < 1.29 is 13.2 Å². The Morgan fingerprint density at radius 1 is 0.262 bits per heavy atom. The van der Waals surface area contributed by atoms with Crippen molar-refractivity contribution in [3.63, 3.8) is 0 Å². The van der Waals surface area contributed by atoms with Crippen molar-refractivity contribution in [3.05, 3.63) is 238 Å². The van der Waals surface area contributed by atoms with Crippen LogP contribution in [0.1, 0.15) is 55.6 Å². The Kier molecular flexibility index (Phi) is 12.5. The first-order chi connectivity index (χ1) is 40.8. The molecule has 11 nitrogen and oxygen atoms in total. The van der Waals surface area contributed by atoms with Gasteiger partial charge >= 0.3 is 6.18 Å². The first kappa shape index (κ1) is 51.7. The van der Waals surface area contributed by atoms with Gasteiger partial charge in [0.2, 0.25) is 0 Å². The maximum atomic E-state index is 15.3. The molecule has 0 spiro atoms. The lowest BCUT2D eigenvalue weighted by Gasteiger charge is -2.20. The monoisotopic (exact) mass is 1080 g/mol. The highest BCUT2D eigenvalue weighted by molar-refractivity contribution is 6.14. The number of nitriles is 9. The van der Waals surface area contributed by atoms with Crippen LogP contribution in [-0.4, -0.2) is 9.13 Å². The fourth-order valence-corrected chi connectivity index (χ4v) is 11.2. The average molecular weight is 1080 g/mol. The number of benzene rings is 10. The predicted molar refractivity (Wildman–Crippen MR) is 310 cm³/mol. The van der Waals surface area contributed by atoms with Crippen LogP contribution in [0.25, 0.3) is 111 Å². The number of fused-ring (bicyclic) bond motifs is 6. The van der Waals surface area contributed by atoms with E-state index in [1.165, 1.54) is 30.3 Å². The quantitative estimate of drug-likeness (QED) is 0.148. The van der Waals surface area contributed by atoms with Gasteiger partial charge in [0, 0.05) is 32.7 Å². The second-order valence-electron chi connectivity index (χ2n) is 19.6. The minimum atomic E-state index is -4.83. The maximum absolute atomic E-state index is 15.3. The summed E-state index contributed by atoms with van der Waals surface area (Å²) in [6.45, 7) is 0. The van der Waals surface area contributed by atoms with E-state index in [1.54, 1.807) is 95.6 Å². The Hall–Kier alpha value is -13.0. The predicted octanol–water partition coefficient (Wildman–Crippen LogP) is 16.1. The largest absolute Gasteiger partial charge is 0.416 e. The Labute approximate surface area is 476 Å². The van der Waals surface area contributed by atoms with E-state index in [0.717, 1.165) is 12.1 Å². The van der Waals surface area contributed by atoms with E-state index in [2.05, 4.69) is 54.6 Å². The van der Waals surface area contributed by atoms with E-state index < -0.39 is 11.7 Å². The van der Waals surface area contributed by atoms with Crippen LogP contribution in [0.2, 0.25) is 0 Å². The topological polar surface area (TPSA) is 224 Å². The summed E-state index contributed by atoms with van der Waals surface area (Å²) in [5.41, 5.74) is 9.20. The lowest BCUT2D eigenvalue weighted by Crippen LogP contribution is -2.08. The molecule has 14 heteroatoms. The first-order valence-corrected chi connectivity index (χ1v) is 25.6. The van der Waals surface area contributed by atoms with Crippen LogP contribution >= 0.6 is 0 Å². The van der Waals surface area contributed by atoms with Crippen LogP contribution in [0.4, 0.5) is 13.2 Å². The summed E-state index contributed by atoms with van der Waals surface area (Å²) in [6, 6.07) is 68.7. The molecule has 0 radical (unpaired) electrons. The lowest BCUT2D eigenvalue weighted by atomic mass is 9.95. The molecule has 0 aliphatic carbocycles. The molecule has 0 aliphatic heterocycles. The van der Waals surface area contributed by atoms with Gasteiger partial charge in [-0.15, -0.1) is 0 Å². The molecule has 386 valence electrons. The first-order valence-electron chi connectivity index (χ1n) is 25.6. The van der Waals surface area contributed by atoms with E-state index in [4.69, 9.17) is 0 Å². The fraction of sp³-hybridized carbons (Fsp3) is 0.0143. The summed E-state index contributed by atoms with van der Waals surface area (Å²) in [6.07, 6.45) is -4.83. The number of rotatable bonds is 7. The summed E-state index contributed by atoms with van der Waals surface area (Å²) in [7, 11) is 0. The van der Waals surface area contributed by atoms with Gasteiger partial charge in [0.05, 0.1) is 144 Å². The molecule has 10 aromatic carbocycles. The number of halogens is 3. The van der Waals surface area contributed by atoms with Gasteiger partial charge in [-0.3, -0.25) is 0 Å². The molecule has 0 unspecified atom stereocenters. The zero-order valence-electron chi connectivity index (χ0n) is 43.4. The van der Waals surface area contributed by atoms with Crippen LogP contribution in [-0.2, 0) is 6.18 Å². The third-order valence-corrected chi connectivity index (χ3v) is 15.1. The van der Waals surface area contributed by atoms with Crippen LogP contribution in [0.15, 0.2) is 182 Å². The molecule has 0 aliphatic rings. The van der Waals surface area contributed by atoms with Crippen molar-refractivity contribution >= 4 is 43.6 Å². The third-order valence-electron chi connectivity index (χ3n) is 15.1. The van der Waals surface area contributed by atoms with E-state index in [-0.39, 0.29) is 50.2 Å². The van der Waals surface area contributed by atoms with Gasteiger partial charge in [-0.2, -0.15) is 60.5 Å². The molecular formula is C70H30F3N11. The fourth-order valence-electron chi connectivity index (χ4n) is 11.2. The summed E-state index contributed by atoms with van der Waals surface area (Å²) in [5, 5.41) is 92.9. The van der Waals surface area contributed by atoms with E-state index in [0.29, 0.717) is 110 Å². The van der Waals surface area contributed by atoms with Crippen molar-refractivity contribution in [2.75, 3.05) is 0 Å². The van der Waals surface area contributed by atoms with Gasteiger partial charge < -0.3 is 9.13 Å². The van der Waals surface area contributed by atoms with Gasteiger partial charge in [0.15, 0.2) is 0 Å². The SMILES string of the molecule is N#Cc1ccc(-c2ccc3c(c2)c2cc(-c4ccc(C#N)cc4C#N)ccc2n3-c2ccc(C#N)cc2-c2ccc(C(F)(F)F)cc2-n2c3ccc(-c4ccc(C#N)cc4C#N)cc3c3cc(-c4ccc(C#N)cc4C#N)ccc32)c(C#N)c1. The van der Waals surface area contributed by atoms with Crippen molar-refractivity contribution in [2.45, 2.75) is 6.18 Å². The minimum Gasteiger partial charge on any atom is -0.309 e. The summed E-state index contributed by atoms with van der Waals surface area (Å²) in [5.74, 6) is 0. The molecule has 2 heterocycles. The highest BCUT2D eigenvalue weighted by Gasteiger charge is 2.33. The Balaban J connectivity index is 1.16. The van der Waals surface area contributed by atoms with Gasteiger partial charge in [-0.25, -0.2) is 0 Å². The van der Waals surface area contributed by atoms with E-state index in [1.807, 2.05) is 53.1 Å². The van der Waals surface area contributed by atoms with Gasteiger partial charge in [-0.05, 0) is 172 Å². The molecule has 0 bridgehead atoms. The maximum Gasteiger partial charge on any atom is 0.416 e. The molecule has 12 aromatic rings. The highest BCUT2D eigenvalue weighted by atomic mass is 19.4. The van der Waals surface area contributed by atoms with Crippen molar-refractivity contribution in [3.8, 4) is 122 Å². The second kappa shape index (κ2) is 20.3. The molecule has 0 amide bonds. The molecule has 84 heavy (non-hydrogen) atoms. The standard InChI is InChI=1S/C70H30F3N11/c71-70(72,73)53-10-15-58(69(30-53)84-67-19-8-47(56-13-3-42(33-76)23-51(56)38-81)28-62(67)63-29-48(9-20-68(63)84)57-14-4-43(34-77)24-52(57)39-82)59-25-44(35-78)5-16-64(59)83-65-17-6-45(54-11-1-40(31-74)21-49(54)36-79)26-60(65)61-27-46(7-18-66(61)83)55-12-2-41(32-75)22-50(55)37-80/h1-30H. The zero-order chi connectivity index (χ0) is 58.6. The molecule has 0 atom stereocenters. The Bertz CT molecular complexity index is 5060. The van der Waals surface area contributed by atoms with Gasteiger partial charge in [-0.1, -0.05) is 54.6 Å². The molecule has 0 N–H and O–H groups in total. The van der Waals surface area contributed by atoms with Crippen LogP contribution in [0.5, 0.6) is 0 Å². The van der Waals surface area contributed by atoms with E-state index in [9.17, 15) is 47.4 Å². The summed E-state index contributed by atoms with van der Waals surface area (Å²) < 4.78 is 49.7. The van der Waals surface area contributed by atoms with Crippen LogP contribution in [0.3, 0.4) is 0 Å². The number of alkyl halides is 3. The lowest BCUT2D eigenvalue weighted by molar-refractivity contribution is -0.137. The average Bonchev–Trinajstić information content (AvgIpc) is 2.43. The van der Waals surface area contributed by atoms with Gasteiger partial charge in [0.1, 0.15) is 0 Å². The molecule has 0 saturated heterocycles. The summed E-state index contributed by atoms with van der Waals surface area (Å²) in [4.78, 5) is 0. The van der Waals surface area contributed by atoms with Gasteiger partial charge in [0.25, 0.3) is 0 Å². The number of hydrogen-bond acceptors (Lipinski definition) is 9. The highest BCUT2D eigenvalue weighted by Crippen LogP contribution is 2.46. The van der Waals surface area contributed by atoms with Crippen LogP contribution < -0.4 is 0 Å². The van der Waals surface area contributed by atoms with Crippen LogP contribution in [0, 0.1) is 102 Å². The smallest absolute Gasteiger partial charge is 0.309 e. The normalized spacial score (nSPS) is 10.9. The third kappa shape index (κ3) is 8.57. The molecule has 0 saturated carbocycles.